The van der Waals surface area contributed by atoms with Gasteiger partial charge in [-0.05, 0) is 68.4 Å². The topological polar surface area (TPSA) is 58.4 Å². The summed E-state index contributed by atoms with van der Waals surface area (Å²) in [5.41, 5.74) is 7.78. The Labute approximate surface area is 188 Å². The summed E-state index contributed by atoms with van der Waals surface area (Å²) in [6.07, 6.45) is 8.09. The van der Waals surface area contributed by atoms with Crippen LogP contribution in [0.3, 0.4) is 0 Å². The van der Waals surface area contributed by atoms with Gasteiger partial charge < -0.3 is 16.0 Å². The second kappa shape index (κ2) is 11.5. The number of carbonyl (C=O) groups excluding carboxylic acids is 1. The number of benzene rings is 1. The number of hydrogen-bond donors (Lipinski definition) is 2. The molecule has 1 saturated heterocycles. The first-order valence-corrected chi connectivity index (χ1v) is 11.0. The Kier molecular flexibility index (Phi) is 9.74. The first kappa shape index (κ1) is 24.5. The molecule has 1 aromatic carbocycles. The fourth-order valence-corrected chi connectivity index (χ4v) is 5.61. The minimum absolute atomic E-state index is 0. The first-order valence-electron chi connectivity index (χ1n) is 11.0. The van der Waals surface area contributed by atoms with Crippen LogP contribution in [0.2, 0.25) is 0 Å². The Bertz CT molecular complexity index is 616. The van der Waals surface area contributed by atoms with Gasteiger partial charge in [0.1, 0.15) is 0 Å². The first-order chi connectivity index (χ1) is 13.2. The molecule has 6 heteroatoms. The third kappa shape index (κ3) is 6.33. The summed E-state index contributed by atoms with van der Waals surface area (Å²) in [6, 6.07) is 11.1. The van der Waals surface area contributed by atoms with Crippen molar-refractivity contribution in [1.29, 1.82) is 0 Å². The molecule has 3 N–H and O–H groups in total. The van der Waals surface area contributed by atoms with Gasteiger partial charge in [0.05, 0.1) is 0 Å². The summed E-state index contributed by atoms with van der Waals surface area (Å²) in [7, 11) is 0. The van der Waals surface area contributed by atoms with Crippen molar-refractivity contribution in [3.05, 3.63) is 35.9 Å². The maximum atomic E-state index is 12.7. The average molecular weight is 442 g/mol. The summed E-state index contributed by atoms with van der Waals surface area (Å²) in [5, 5.41) is 3.29. The number of amides is 1. The highest BCUT2D eigenvalue weighted by molar-refractivity contribution is 5.85. The molecule has 3 atom stereocenters. The van der Waals surface area contributed by atoms with Crippen molar-refractivity contribution in [3.63, 3.8) is 0 Å². The van der Waals surface area contributed by atoms with Crippen LogP contribution in [0.25, 0.3) is 0 Å². The Balaban J connectivity index is 0.00000150. The molecule has 0 aromatic heterocycles. The number of likely N-dealkylation sites (tertiary alicyclic amines) is 1. The highest BCUT2D eigenvalue weighted by atomic mass is 35.5. The van der Waals surface area contributed by atoms with Crippen LogP contribution in [0.5, 0.6) is 0 Å². The molecule has 3 fully saturated rings. The second-order valence-electron chi connectivity index (χ2n) is 9.13. The van der Waals surface area contributed by atoms with Crippen molar-refractivity contribution in [2.45, 2.75) is 51.0 Å². The molecule has 2 bridgehead atoms. The molecule has 3 aliphatic rings. The van der Waals surface area contributed by atoms with E-state index < -0.39 is 0 Å². The van der Waals surface area contributed by atoms with E-state index in [9.17, 15) is 4.79 Å². The highest BCUT2D eigenvalue weighted by Gasteiger charge is 2.40. The quantitative estimate of drug-likeness (QED) is 0.707. The summed E-state index contributed by atoms with van der Waals surface area (Å²) < 4.78 is 0. The van der Waals surface area contributed by atoms with Gasteiger partial charge in [-0.2, -0.15) is 0 Å². The van der Waals surface area contributed by atoms with E-state index in [0.29, 0.717) is 29.7 Å². The third-order valence-electron chi connectivity index (χ3n) is 7.28. The zero-order chi connectivity index (χ0) is 18.6. The maximum Gasteiger partial charge on any atom is 0.223 e. The number of hydrogen-bond acceptors (Lipinski definition) is 3. The van der Waals surface area contributed by atoms with Crippen LogP contribution in [0.4, 0.5) is 0 Å². The van der Waals surface area contributed by atoms with Gasteiger partial charge in [0.25, 0.3) is 0 Å². The molecule has 1 aliphatic heterocycles. The molecule has 2 saturated carbocycles. The van der Waals surface area contributed by atoms with E-state index in [-0.39, 0.29) is 30.7 Å². The van der Waals surface area contributed by atoms with Crippen LogP contribution < -0.4 is 11.1 Å². The van der Waals surface area contributed by atoms with E-state index in [1.807, 2.05) is 0 Å². The lowest BCUT2D eigenvalue weighted by Gasteiger charge is -2.43. The van der Waals surface area contributed by atoms with Crippen LogP contribution in [0, 0.1) is 23.7 Å². The van der Waals surface area contributed by atoms with Gasteiger partial charge in [-0.1, -0.05) is 36.8 Å². The standard InChI is InChI=1S/C23H35N3O.2ClH/c24-22-19-7-4-8-20(22)14-21(13-19)23(27)25-15-18-10-12-26(16-18)11-9-17-5-2-1-3-6-17;;/h1-3,5-6,18-22H,4,7-16,24H2,(H,25,27);2*1H. The molecule has 0 radical (unpaired) electrons. The minimum Gasteiger partial charge on any atom is -0.356 e. The number of nitrogens with one attached hydrogen (secondary N) is 1. The van der Waals surface area contributed by atoms with Crippen molar-refractivity contribution in [2.75, 3.05) is 26.2 Å². The molecular formula is C23H37Cl2N3O. The van der Waals surface area contributed by atoms with Crippen LogP contribution in [-0.4, -0.2) is 43.0 Å². The van der Waals surface area contributed by atoms with E-state index in [4.69, 9.17) is 5.73 Å². The van der Waals surface area contributed by atoms with Gasteiger partial charge in [-0.25, -0.2) is 0 Å². The molecule has 1 heterocycles. The van der Waals surface area contributed by atoms with Gasteiger partial charge in [0, 0.05) is 31.6 Å². The zero-order valence-electron chi connectivity index (χ0n) is 17.3. The van der Waals surface area contributed by atoms with Crippen molar-refractivity contribution in [3.8, 4) is 0 Å². The predicted molar refractivity (Wildman–Crippen MR) is 124 cm³/mol. The number of rotatable bonds is 6. The lowest BCUT2D eigenvalue weighted by Crippen LogP contribution is -2.49. The van der Waals surface area contributed by atoms with E-state index in [1.165, 1.54) is 31.2 Å². The summed E-state index contributed by atoms with van der Waals surface area (Å²) in [5.74, 6) is 2.26. The molecule has 29 heavy (non-hydrogen) atoms. The molecule has 4 nitrogen and oxygen atoms in total. The Hall–Kier alpha value is -0.810. The summed E-state index contributed by atoms with van der Waals surface area (Å²) in [6.45, 7) is 4.25. The molecular weight excluding hydrogens is 405 g/mol. The number of carbonyl (C=O) groups is 1. The van der Waals surface area contributed by atoms with Gasteiger partial charge >= 0.3 is 0 Å². The number of halogens is 2. The maximum absolute atomic E-state index is 12.7. The SMILES string of the molecule is Cl.Cl.NC1C2CCCC1CC(C(=O)NCC1CCN(CCc3ccccc3)C1)C2. The molecule has 1 amide bonds. The lowest BCUT2D eigenvalue weighted by molar-refractivity contribution is -0.128. The molecule has 0 spiro atoms. The second-order valence-corrected chi connectivity index (χ2v) is 9.13. The predicted octanol–water partition coefficient (Wildman–Crippen LogP) is 3.66. The third-order valence-corrected chi connectivity index (χ3v) is 7.28. The van der Waals surface area contributed by atoms with Gasteiger partial charge in [0.2, 0.25) is 5.91 Å². The molecule has 3 unspecified atom stereocenters. The van der Waals surface area contributed by atoms with E-state index >= 15 is 0 Å². The Morgan fingerprint density at radius 3 is 2.45 bits per heavy atom. The monoisotopic (exact) mass is 441 g/mol. The Morgan fingerprint density at radius 1 is 1.07 bits per heavy atom. The van der Waals surface area contributed by atoms with Gasteiger partial charge in [0.15, 0.2) is 0 Å². The molecule has 2 aliphatic carbocycles. The lowest BCUT2D eigenvalue weighted by atomic mass is 9.65. The van der Waals surface area contributed by atoms with Gasteiger partial charge in [-0.15, -0.1) is 24.8 Å². The van der Waals surface area contributed by atoms with E-state index in [2.05, 4.69) is 40.5 Å². The number of fused-ring (bicyclic) bond motifs is 2. The smallest absolute Gasteiger partial charge is 0.223 e. The van der Waals surface area contributed by atoms with Crippen molar-refractivity contribution in [1.82, 2.24) is 10.2 Å². The van der Waals surface area contributed by atoms with Crippen molar-refractivity contribution < 1.29 is 4.79 Å². The normalized spacial score (nSPS) is 31.4. The minimum atomic E-state index is 0. The van der Waals surface area contributed by atoms with Crippen LogP contribution in [0.15, 0.2) is 30.3 Å². The fourth-order valence-electron chi connectivity index (χ4n) is 5.61. The van der Waals surface area contributed by atoms with E-state index in [1.54, 1.807) is 0 Å². The summed E-state index contributed by atoms with van der Waals surface area (Å²) in [4.78, 5) is 15.3. The number of nitrogens with zero attached hydrogens (tertiary/aromatic N) is 1. The average Bonchev–Trinajstić information content (AvgIpc) is 3.13. The van der Waals surface area contributed by atoms with Crippen LogP contribution >= 0.6 is 24.8 Å². The largest absolute Gasteiger partial charge is 0.356 e. The molecule has 4 rings (SSSR count). The fraction of sp³-hybridized carbons (Fsp3) is 0.696. The van der Waals surface area contributed by atoms with E-state index in [0.717, 1.165) is 45.4 Å². The van der Waals surface area contributed by atoms with Crippen molar-refractivity contribution in [2.24, 2.45) is 29.4 Å². The number of nitrogens with two attached hydrogens (primary N) is 1. The zero-order valence-corrected chi connectivity index (χ0v) is 18.9. The Morgan fingerprint density at radius 2 is 1.76 bits per heavy atom. The van der Waals surface area contributed by atoms with Crippen LogP contribution in [0.1, 0.15) is 44.1 Å². The molecule has 164 valence electrons. The highest BCUT2D eigenvalue weighted by Crippen LogP contribution is 2.41. The van der Waals surface area contributed by atoms with Crippen molar-refractivity contribution >= 4 is 30.7 Å². The van der Waals surface area contributed by atoms with Gasteiger partial charge in [-0.3, -0.25) is 4.79 Å². The molecule has 1 aromatic rings. The van der Waals surface area contributed by atoms with Crippen LogP contribution in [-0.2, 0) is 11.2 Å². The summed E-state index contributed by atoms with van der Waals surface area (Å²) >= 11 is 0.